The summed E-state index contributed by atoms with van der Waals surface area (Å²) in [7, 11) is -0.136. The molecule has 0 N–H and O–H groups in total. The van der Waals surface area contributed by atoms with Gasteiger partial charge in [-0.25, -0.2) is 0 Å². The molecule has 6 heteroatoms. The van der Waals surface area contributed by atoms with Crippen LogP contribution in [0.1, 0.15) is 20.8 Å². The van der Waals surface area contributed by atoms with Crippen molar-refractivity contribution in [2.24, 2.45) is 0 Å². The van der Waals surface area contributed by atoms with Gasteiger partial charge in [0.1, 0.15) is 41.1 Å². The van der Waals surface area contributed by atoms with Gasteiger partial charge in [0.2, 0.25) is 8.67 Å². The average molecular weight is 346 g/mol. The van der Waals surface area contributed by atoms with Crippen LogP contribution in [-0.4, -0.2) is 18.8 Å². The van der Waals surface area contributed by atoms with E-state index in [0.29, 0.717) is 12.2 Å². The van der Waals surface area contributed by atoms with Crippen LogP contribution in [0.2, 0.25) is 0 Å². The molecule has 2 atom stereocenters. The van der Waals surface area contributed by atoms with Crippen LogP contribution in [0.4, 0.5) is 0 Å². The highest BCUT2D eigenvalue weighted by molar-refractivity contribution is 7.15. The first-order valence-electron chi connectivity index (χ1n) is 7.98. The third kappa shape index (κ3) is 2.69. The van der Waals surface area contributed by atoms with E-state index in [9.17, 15) is 0 Å². The Morgan fingerprint density at radius 1 is 1.08 bits per heavy atom. The topological polar surface area (TPSA) is 54.0 Å². The average Bonchev–Trinajstić information content (AvgIpc) is 2.70. The Labute approximate surface area is 141 Å². The second kappa shape index (κ2) is 5.99. The summed E-state index contributed by atoms with van der Waals surface area (Å²) in [6, 6.07) is 9.59. The van der Waals surface area contributed by atoms with E-state index in [1.54, 1.807) is 0 Å². The first kappa shape index (κ1) is 15.3. The zero-order valence-electron chi connectivity index (χ0n) is 13.8. The summed E-state index contributed by atoms with van der Waals surface area (Å²) in [5.41, 5.74) is 1.42. The highest BCUT2D eigenvalue weighted by Crippen LogP contribution is 2.42. The largest absolute Gasteiger partial charge is 0.491 e. The molecule has 0 radical (unpaired) electrons. The smallest absolute Gasteiger partial charge is 0.201 e. The van der Waals surface area contributed by atoms with Crippen LogP contribution >= 0.6 is 8.67 Å². The van der Waals surface area contributed by atoms with Crippen molar-refractivity contribution in [2.45, 2.75) is 33.0 Å². The predicted octanol–water partition coefficient (Wildman–Crippen LogP) is 5.28. The third-order valence-corrected chi connectivity index (χ3v) is 4.36. The number of rotatable bonds is 2. The Morgan fingerprint density at radius 3 is 2.71 bits per heavy atom. The highest BCUT2D eigenvalue weighted by atomic mass is 31.1. The van der Waals surface area contributed by atoms with Crippen molar-refractivity contribution in [3.63, 3.8) is 0 Å². The van der Waals surface area contributed by atoms with Gasteiger partial charge < -0.3 is 22.6 Å². The summed E-state index contributed by atoms with van der Waals surface area (Å²) in [5, 5.41) is 1.73. The van der Waals surface area contributed by atoms with Crippen LogP contribution in [0.5, 0.6) is 17.2 Å². The Kier molecular flexibility index (Phi) is 3.81. The maximum Gasteiger partial charge on any atom is 0.201 e. The number of benzene rings is 2. The maximum atomic E-state index is 6.10. The van der Waals surface area contributed by atoms with Gasteiger partial charge in [0.15, 0.2) is 0 Å². The van der Waals surface area contributed by atoms with Gasteiger partial charge in [-0.15, -0.1) is 0 Å². The van der Waals surface area contributed by atoms with Crippen LogP contribution in [0.25, 0.3) is 21.9 Å². The number of hydrogen-bond donors (Lipinski definition) is 0. The monoisotopic (exact) mass is 346 g/mol. The molecule has 1 unspecified atom stereocenters. The van der Waals surface area contributed by atoms with Crippen molar-refractivity contribution >= 4 is 30.6 Å². The van der Waals surface area contributed by atoms with Crippen molar-refractivity contribution in [2.75, 3.05) is 6.61 Å². The van der Waals surface area contributed by atoms with Crippen LogP contribution in [0.15, 0.2) is 38.7 Å². The van der Waals surface area contributed by atoms with Gasteiger partial charge in [0, 0.05) is 12.1 Å². The second-order valence-electron chi connectivity index (χ2n) is 6.12. The minimum absolute atomic E-state index is 0.0666. The van der Waals surface area contributed by atoms with Gasteiger partial charge in [-0.2, -0.15) is 0 Å². The first-order valence-corrected chi connectivity index (χ1v) is 8.79. The summed E-state index contributed by atoms with van der Waals surface area (Å²) in [6.45, 7) is 6.42. The maximum absolute atomic E-state index is 6.10. The predicted molar refractivity (Wildman–Crippen MR) is 94.5 cm³/mol. The van der Waals surface area contributed by atoms with E-state index in [-0.39, 0.29) is 20.9 Å². The normalized spacial score (nSPS) is 16.9. The third-order valence-electron chi connectivity index (χ3n) is 3.75. The summed E-state index contributed by atoms with van der Waals surface area (Å²) < 4.78 is 29.5. The molecule has 2 heterocycles. The minimum Gasteiger partial charge on any atom is -0.491 e. The van der Waals surface area contributed by atoms with Gasteiger partial charge in [0.25, 0.3) is 0 Å². The van der Waals surface area contributed by atoms with E-state index < -0.39 is 0 Å². The lowest BCUT2D eigenvalue weighted by molar-refractivity contribution is 0.143. The van der Waals surface area contributed by atoms with Crippen molar-refractivity contribution in [3.05, 3.63) is 30.3 Å². The summed E-state index contributed by atoms with van der Waals surface area (Å²) in [5.74, 6) is 2.22. The lowest BCUT2D eigenvalue weighted by Crippen LogP contribution is -2.22. The molecule has 0 amide bonds. The van der Waals surface area contributed by atoms with E-state index in [0.717, 1.165) is 33.6 Å². The lowest BCUT2D eigenvalue weighted by atomic mass is 10.1. The summed E-state index contributed by atoms with van der Waals surface area (Å²) in [4.78, 5) is 0. The van der Waals surface area contributed by atoms with E-state index in [1.807, 2.05) is 51.1 Å². The molecule has 0 spiro atoms. The minimum atomic E-state index is -0.136. The molecule has 3 aromatic rings. The van der Waals surface area contributed by atoms with Crippen molar-refractivity contribution in [1.29, 1.82) is 0 Å². The van der Waals surface area contributed by atoms with Crippen LogP contribution in [0.3, 0.4) is 0 Å². The standard InChI is InChI=1S/C18H19O5P/c1-10(2)20-12-7-15-18-16(8-12)23-24-22-14-6-4-5-13(17(14)18)19-9-11(3)21-15/h4-8,10-11,24H,9H2,1-3H3/t11-/m0/s1. The molecule has 4 rings (SSSR count). The van der Waals surface area contributed by atoms with E-state index in [4.69, 9.17) is 22.6 Å². The molecular weight excluding hydrogens is 327 g/mol. The van der Waals surface area contributed by atoms with E-state index in [2.05, 4.69) is 0 Å². The lowest BCUT2D eigenvalue weighted by Gasteiger charge is -2.21. The summed E-state index contributed by atoms with van der Waals surface area (Å²) in [6.07, 6.45) is -0.0243. The van der Waals surface area contributed by atoms with Crippen molar-refractivity contribution < 1.29 is 22.6 Å². The molecule has 1 aromatic heterocycles. The first-order chi connectivity index (χ1) is 11.6. The van der Waals surface area contributed by atoms with Crippen molar-refractivity contribution in [3.8, 4) is 17.2 Å². The van der Waals surface area contributed by atoms with Gasteiger partial charge in [-0.05, 0) is 32.9 Å². The molecule has 1 aliphatic rings. The zero-order valence-corrected chi connectivity index (χ0v) is 14.8. The summed E-state index contributed by atoms with van der Waals surface area (Å²) >= 11 is 0. The fourth-order valence-corrected chi connectivity index (χ4v) is 3.41. The Balaban J connectivity index is 2.13. The van der Waals surface area contributed by atoms with Gasteiger partial charge >= 0.3 is 0 Å². The molecule has 1 aliphatic heterocycles. The quantitative estimate of drug-likeness (QED) is 0.632. The Morgan fingerprint density at radius 2 is 1.88 bits per heavy atom. The molecule has 0 bridgehead atoms. The molecule has 5 nitrogen and oxygen atoms in total. The van der Waals surface area contributed by atoms with Crippen LogP contribution in [-0.2, 0) is 0 Å². The molecule has 0 saturated carbocycles. The molecule has 126 valence electrons. The number of hydrogen-bond acceptors (Lipinski definition) is 5. The van der Waals surface area contributed by atoms with E-state index in [1.165, 1.54) is 0 Å². The second-order valence-corrected chi connectivity index (χ2v) is 6.69. The Bertz CT molecular complexity index is 932. The van der Waals surface area contributed by atoms with E-state index >= 15 is 0 Å². The van der Waals surface area contributed by atoms with Gasteiger partial charge in [0.05, 0.1) is 16.9 Å². The molecule has 0 saturated heterocycles. The van der Waals surface area contributed by atoms with Gasteiger partial charge in [-0.1, -0.05) is 6.07 Å². The zero-order chi connectivity index (χ0) is 16.7. The van der Waals surface area contributed by atoms with Crippen molar-refractivity contribution in [1.82, 2.24) is 0 Å². The molecule has 2 aromatic carbocycles. The molecule has 0 fully saturated rings. The fraction of sp³-hybridized carbons (Fsp3) is 0.333. The van der Waals surface area contributed by atoms with Crippen LogP contribution in [0, 0.1) is 0 Å². The van der Waals surface area contributed by atoms with Gasteiger partial charge in [-0.3, -0.25) is 0 Å². The molecule has 0 aliphatic carbocycles. The number of ether oxygens (including phenoxy) is 3. The molecular formula is C18H19O5P. The highest BCUT2D eigenvalue weighted by Gasteiger charge is 2.20. The Hall–Kier alpha value is -2.26. The SMILES string of the molecule is CC(C)Oc1cc2c3c(c1)o[pH]oc1cccc(c13)OC[C@H](C)O2. The fourth-order valence-electron chi connectivity index (χ4n) is 2.86. The molecule has 24 heavy (non-hydrogen) atoms. The van der Waals surface area contributed by atoms with Crippen LogP contribution < -0.4 is 14.2 Å².